The van der Waals surface area contributed by atoms with Gasteiger partial charge in [0.1, 0.15) is 28.1 Å². The number of nitrogens with one attached hydrogen (secondary N) is 1. The van der Waals surface area contributed by atoms with Crippen LogP contribution in [-0.2, 0) is 0 Å². The molecule has 2 heterocycles. The molecule has 0 spiro atoms. The summed E-state index contributed by atoms with van der Waals surface area (Å²) in [5.41, 5.74) is 2.24. The minimum atomic E-state index is -0.731. The number of nitrogens with zero attached hydrogens (tertiary/aromatic N) is 4. The molecule has 0 aliphatic carbocycles. The normalized spacial score (nSPS) is 11.1. The molecule has 0 aliphatic heterocycles. The number of fused-ring (bicyclic) bond motifs is 1. The molecule has 2 aromatic carbocycles. The molecule has 4 aromatic rings. The molecule has 0 bridgehead atoms. The topological polar surface area (TPSA) is 55.6 Å². The predicted octanol–water partition coefficient (Wildman–Crippen LogP) is 5.11. The molecular weight excluding hydrogens is 372 g/mol. The molecule has 0 fully saturated rings. The highest BCUT2D eigenvalue weighted by molar-refractivity contribution is 6.29. The molecule has 0 saturated heterocycles. The fourth-order valence-electron chi connectivity index (χ4n) is 2.85. The molecule has 1 N–H and O–H groups in total. The number of imidazole rings is 1. The number of halogens is 3. The summed E-state index contributed by atoms with van der Waals surface area (Å²) in [5, 5.41) is 3.26. The first-order valence-corrected chi connectivity index (χ1v) is 8.51. The summed E-state index contributed by atoms with van der Waals surface area (Å²) in [4.78, 5) is 12.8. The van der Waals surface area contributed by atoms with Crippen LogP contribution in [0.4, 0.5) is 20.4 Å². The maximum Gasteiger partial charge on any atom is 0.230 e. The molecule has 0 amide bonds. The Kier molecular flexibility index (Phi) is 4.24. The summed E-state index contributed by atoms with van der Waals surface area (Å²) in [7, 11) is 0. The molecule has 0 aliphatic rings. The maximum absolute atomic E-state index is 14.0. The second-order valence-electron chi connectivity index (χ2n) is 6.11. The van der Waals surface area contributed by atoms with Gasteiger partial charge in [-0.3, -0.25) is 4.57 Å². The molecule has 0 radical (unpaired) electrons. The van der Waals surface area contributed by atoms with Gasteiger partial charge in [0.15, 0.2) is 5.82 Å². The minimum Gasteiger partial charge on any atom is -0.324 e. The molecule has 136 valence electrons. The number of benzene rings is 2. The zero-order chi connectivity index (χ0) is 19.1. The van der Waals surface area contributed by atoms with Crippen molar-refractivity contribution in [1.29, 1.82) is 0 Å². The van der Waals surface area contributed by atoms with Gasteiger partial charge in [-0.25, -0.2) is 18.7 Å². The summed E-state index contributed by atoms with van der Waals surface area (Å²) in [6.07, 6.45) is 0. The summed E-state index contributed by atoms with van der Waals surface area (Å²) in [5.74, 6) is -0.357. The number of aromatic nitrogens is 4. The van der Waals surface area contributed by atoms with Gasteiger partial charge >= 0.3 is 0 Å². The van der Waals surface area contributed by atoms with E-state index in [2.05, 4.69) is 20.3 Å². The van der Waals surface area contributed by atoms with E-state index in [1.54, 1.807) is 6.92 Å². The Morgan fingerprint density at radius 2 is 1.70 bits per heavy atom. The lowest BCUT2D eigenvalue weighted by Crippen LogP contribution is -2.05. The fraction of sp³-hybridized carbons (Fsp3) is 0.105. The van der Waals surface area contributed by atoms with Gasteiger partial charge in [0.25, 0.3) is 0 Å². The van der Waals surface area contributed by atoms with Crippen molar-refractivity contribution in [3.63, 3.8) is 0 Å². The van der Waals surface area contributed by atoms with Gasteiger partial charge in [-0.2, -0.15) is 4.98 Å². The van der Waals surface area contributed by atoms with E-state index in [0.29, 0.717) is 11.6 Å². The highest BCUT2D eigenvalue weighted by Crippen LogP contribution is 2.26. The second-order valence-corrected chi connectivity index (χ2v) is 6.50. The number of hydrogen-bond acceptors (Lipinski definition) is 4. The number of anilines is 2. The van der Waals surface area contributed by atoms with Gasteiger partial charge in [-0.05, 0) is 26.0 Å². The van der Waals surface area contributed by atoms with Crippen molar-refractivity contribution in [2.24, 2.45) is 0 Å². The van der Waals surface area contributed by atoms with Gasteiger partial charge in [-0.1, -0.05) is 29.3 Å². The maximum atomic E-state index is 14.0. The van der Waals surface area contributed by atoms with E-state index >= 15 is 0 Å². The first-order valence-electron chi connectivity index (χ1n) is 8.13. The molecule has 0 unspecified atom stereocenters. The van der Waals surface area contributed by atoms with Crippen LogP contribution in [0.1, 0.15) is 11.4 Å². The Morgan fingerprint density at radius 3 is 2.44 bits per heavy atom. The first-order chi connectivity index (χ1) is 12.9. The van der Waals surface area contributed by atoms with Crippen molar-refractivity contribution < 1.29 is 8.78 Å². The summed E-state index contributed by atoms with van der Waals surface area (Å²) < 4.78 is 29.3. The van der Waals surface area contributed by atoms with E-state index in [4.69, 9.17) is 11.6 Å². The van der Waals surface area contributed by atoms with Gasteiger partial charge in [0.2, 0.25) is 5.95 Å². The average molecular weight is 386 g/mol. The average Bonchev–Trinajstić information content (AvgIpc) is 2.93. The number of rotatable bonds is 3. The van der Waals surface area contributed by atoms with Crippen LogP contribution >= 0.6 is 11.6 Å². The highest BCUT2D eigenvalue weighted by atomic mass is 35.5. The van der Waals surface area contributed by atoms with E-state index in [0.717, 1.165) is 17.3 Å². The van der Waals surface area contributed by atoms with Crippen LogP contribution < -0.4 is 5.32 Å². The summed E-state index contributed by atoms with van der Waals surface area (Å²) >= 11 is 6.15. The lowest BCUT2D eigenvalue weighted by atomic mass is 10.2. The fourth-order valence-corrected chi connectivity index (χ4v) is 3.03. The van der Waals surface area contributed by atoms with Crippen molar-refractivity contribution >= 4 is 34.3 Å². The van der Waals surface area contributed by atoms with Crippen LogP contribution in [0.25, 0.3) is 16.9 Å². The Morgan fingerprint density at radius 1 is 0.963 bits per heavy atom. The molecule has 4 rings (SSSR count). The van der Waals surface area contributed by atoms with E-state index in [1.807, 2.05) is 31.2 Å². The second kappa shape index (κ2) is 6.59. The molecule has 5 nitrogen and oxygen atoms in total. The molecular formula is C19H14ClF2N5. The Hall–Kier alpha value is -3.06. The first kappa shape index (κ1) is 17.4. The number of aryl methyl sites for hydroxylation is 2. The standard InChI is InChI=1S/C19H14ClF2N5/c1-10-3-5-13(6-4-10)24-19-25-16(20)9-17(26-19)27-11(2)23-18-14(22)7-12(21)8-15(18)27/h3-9H,1-2H3,(H,24,25,26). The number of hydrogen-bond donors (Lipinski definition) is 1. The van der Waals surface area contributed by atoms with Crippen LogP contribution in [0.15, 0.2) is 42.5 Å². The quantitative estimate of drug-likeness (QED) is 0.498. The monoisotopic (exact) mass is 385 g/mol. The molecule has 2 aromatic heterocycles. The van der Waals surface area contributed by atoms with Crippen molar-refractivity contribution in [1.82, 2.24) is 19.5 Å². The molecule has 8 heteroatoms. The van der Waals surface area contributed by atoms with E-state index in [-0.39, 0.29) is 22.1 Å². The zero-order valence-corrected chi connectivity index (χ0v) is 15.2. The van der Waals surface area contributed by atoms with Crippen molar-refractivity contribution in [3.05, 3.63) is 70.6 Å². The third kappa shape index (κ3) is 3.33. The molecule has 27 heavy (non-hydrogen) atoms. The third-order valence-electron chi connectivity index (χ3n) is 4.06. The van der Waals surface area contributed by atoms with Gasteiger partial charge < -0.3 is 5.32 Å². The third-order valence-corrected chi connectivity index (χ3v) is 4.26. The molecule has 0 saturated carbocycles. The van der Waals surface area contributed by atoms with E-state index in [1.165, 1.54) is 16.7 Å². The SMILES string of the molecule is Cc1ccc(Nc2nc(Cl)cc(-n3c(C)nc4c(F)cc(F)cc43)n2)cc1. The van der Waals surface area contributed by atoms with Crippen LogP contribution in [-0.4, -0.2) is 19.5 Å². The largest absolute Gasteiger partial charge is 0.324 e. The van der Waals surface area contributed by atoms with E-state index < -0.39 is 11.6 Å². The Bertz CT molecular complexity index is 1160. The van der Waals surface area contributed by atoms with Gasteiger partial charge in [0.05, 0.1) is 5.52 Å². The van der Waals surface area contributed by atoms with Crippen LogP contribution in [0, 0.1) is 25.5 Å². The summed E-state index contributed by atoms with van der Waals surface area (Å²) in [6, 6.07) is 11.2. The van der Waals surface area contributed by atoms with E-state index in [9.17, 15) is 8.78 Å². The highest BCUT2D eigenvalue weighted by Gasteiger charge is 2.16. The minimum absolute atomic E-state index is 0.0664. The lowest BCUT2D eigenvalue weighted by molar-refractivity contribution is 0.590. The van der Waals surface area contributed by atoms with Crippen LogP contribution in [0.3, 0.4) is 0 Å². The van der Waals surface area contributed by atoms with Crippen molar-refractivity contribution in [2.45, 2.75) is 13.8 Å². The lowest BCUT2D eigenvalue weighted by Gasteiger charge is -2.10. The molecule has 0 atom stereocenters. The van der Waals surface area contributed by atoms with Gasteiger partial charge in [0, 0.05) is 23.9 Å². The Balaban J connectivity index is 1.83. The summed E-state index contributed by atoms with van der Waals surface area (Å²) in [6.45, 7) is 3.67. The smallest absolute Gasteiger partial charge is 0.230 e. The van der Waals surface area contributed by atoms with Crippen LogP contribution in [0.2, 0.25) is 5.15 Å². The Labute approximate surface area is 158 Å². The predicted molar refractivity (Wildman–Crippen MR) is 101 cm³/mol. The van der Waals surface area contributed by atoms with Gasteiger partial charge in [-0.15, -0.1) is 0 Å². The van der Waals surface area contributed by atoms with Crippen molar-refractivity contribution in [2.75, 3.05) is 5.32 Å². The van der Waals surface area contributed by atoms with Crippen LogP contribution in [0.5, 0.6) is 0 Å². The van der Waals surface area contributed by atoms with Crippen molar-refractivity contribution in [3.8, 4) is 5.82 Å². The zero-order valence-electron chi connectivity index (χ0n) is 14.5.